The molecule has 2 amide bonds. The average Bonchev–Trinajstić information content (AvgIpc) is 2.79. The first kappa shape index (κ1) is 22.2. The maximum Gasteiger partial charge on any atom is 0.258 e. The van der Waals surface area contributed by atoms with E-state index in [-0.39, 0.29) is 16.9 Å². The Morgan fingerprint density at radius 2 is 1.56 bits per heavy atom. The molecule has 4 rings (SSSR count). The molecule has 0 radical (unpaired) electrons. The highest BCUT2D eigenvalue weighted by atomic mass is 79.9. The second-order valence-corrected chi connectivity index (χ2v) is 8.85. The van der Waals surface area contributed by atoms with Gasteiger partial charge in [-0.1, -0.05) is 40.2 Å². The molecule has 6 nitrogen and oxygen atoms in total. The summed E-state index contributed by atoms with van der Waals surface area (Å²) >= 11 is 8.88. The molecule has 32 heavy (non-hydrogen) atoms. The lowest BCUT2D eigenvalue weighted by molar-refractivity contribution is -0.129. The Morgan fingerprint density at radius 1 is 0.906 bits per heavy atom. The average molecular weight is 511 g/mol. The van der Waals surface area contributed by atoms with Crippen molar-refractivity contribution in [3.8, 4) is 0 Å². The second-order valence-electron chi connectivity index (χ2n) is 7.59. The van der Waals surface area contributed by atoms with E-state index in [1.54, 1.807) is 13.0 Å². The summed E-state index contributed by atoms with van der Waals surface area (Å²) in [6.07, 6.45) is 0. The van der Waals surface area contributed by atoms with E-state index in [1.807, 2.05) is 59.5 Å². The van der Waals surface area contributed by atoms with Gasteiger partial charge in [0, 0.05) is 54.5 Å². The van der Waals surface area contributed by atoms with Gasteiger partial charge in [0.2, 0.25) is 5.91 Å². The predicted molar refractivity (Wildman–Crippen MR) is 136 cm³/mol. The van der Waals surface area contributed by atoms with Crippen LogP contribution in [0.3, 0.4) is 0 Å². The number of fused-ring (bicyclic) bond motifs is 1. The molecule has 1 fully saturated rings. The number of piperazine rings is 1. The molecule has 2 N–H and O–H groups in total. The molecule has 8 heteroatoms. The molecule has 0 atom stereocenters. The fourth-order valence-corrected chi connectivity index (χ4v) is 4.55. The zero-order valence-electron chi connectivity index (χ0n) is 17.6. The van der Waals surface area contributed by atoms with Crippen molar-refractivity contribution in [2.24, 2.45) is 0 Å². The number of hydrogen-bond acceptors (Lipinski definition) is 4. The van der Waals surface area contributed by atoms with Crippen molar-refractivity contribution in [1.82, 2.24) is 10.2 Å². The number of anilines is 2. The van der Waals surface area contributed by atoms with Crippen molar-refractivity contribution in [2.75, 3.05) is 36.4 Å². The molecule has 3 aromatic carbocycles. The maximum atomic E-state index is 12.8. The van der Waals surface area contributed by atoms with Gasteiger partial charge in [0.1, 0.15) is 0 Å². The van der Waals surface area contributed by atoms with E-state index in [0.29, 0.717) is 5.56 Å². The minimum absolute atomic E-state index is 0.121. The van der Waals surface area contributed by atoms with Gasteiger partial charge in [-0.05, 0) is 59.4 Å². The second kappa shape index (κ2) is 9.67. The van der Waals surface area contributed by atoms with Crippen LogP contribution in [0.5, 0.6) is 0 Å². The molecule has 3 aromatic rings. The van der Waals surface area contributed by atoms with E-state index >= 15 is 0 Å². The summed E-state index contributed by atoms with van der Waals surface area (Å²) in [7, 11) is 0. The number of carbonyl (C=O) groups is 2. The van der Waals surface area contributed by atoms with E-state index in [1.165, 1.54) is 0 Å². The number of carbonyl (C=O) groups excluding carboxylic acids is 2. The Morgan fingerprint density at radius 3 is 2.25 bits per heavy atom. The van der Waals surface area contributed by atoms with Gasteiger partial charge in [0.15, 0.2) is 5.11 Å². The number of nitrogens with zero attached hydrogens (tertiary/aromatic N) is 2. The summed E-state index contributed by atoms with van der Waals surface area (Å²) < 4.78 is 0.938. The van der Waals surface area contributed by atoms with Crippen molar-refractivity contribution in [2.45, 2.75) is 6.92 Å². The van der Waals surface area contributed by atoms with Crippen molar-refractivity contribution in [3.63, 3.8) is 0 Å². The van der Waals surface area contributed by atoms with Crippen LogP contribution in [-0.4, -0.2) is 48.0 Å². The van der Waals surface area contributed by atoms with Crippen molar-refractivity contribution in [1.29, 1.82) is 0 Å². The Labute approximate surface area is 200 Å². The zero-order chi connectivity index (χ0) is 22.7. The molecule has 1 aliphatic heterocycles. The van der Waals surface area contributed by atoms with Crippen LogP contribution in [0.1, 0.15) is 17.3 Å². The predicted octanol–water partition coefficient (Wildman–Crippen LogP) is 4.40. The van der Waals surface area contributed by atoms with Crippen LogP contribution < -0.4 is 15.5 Å². The molecule has 0 saturated carbocycles. The molecule has 164 valence electrons. The molecular weight excluding hydrogens is 488 g/mol. The lowest BCUT2D eigenvalue weighted by atomic mass is 10.0. The minimum atomic E-state index is -0.258. The summed E-state index contributed by atoms with van der Waals surface area (Å²) in [5.74, 6) is -0.137. The van der Waals surface area contributed by atoms with Crippen molar-refractivity contribution in [3.05, 3.63) is 70.7 Å². The quantitative estimate of drug-likeness (QED) is 0.511. The highest BCUT2D eigenvalue weighted by Gasteiger charge is 2.19. The number of amides is 2. The molecule has 0 bridgehead atoms. The first-order valence-corrected chi connectivity index (χ1v) is 11.5. The van der Waals surface area contributed by atoms with Gasteiger partial charge in [0.05, 0.1) is 0 Å². The highest BCUT2D eigenvalue weighted by Crippen LogP contribution is 2.26. The summed E-state index contributed by atoms with van der Waals surface area (Å²) in [6, 6.07) is 19.3. The summed E-state index contributed by atoms with van der Waals surface area (Å²) in [4.78, 5) is 28.4. The van der Waals surface area contributed by atoms with Gasteiger partial charge in [-0.15, -0.1) is 0 Å². The number of nitrogens with one attached hydrogen (secondary N) is 2. The fourth-order valence-electron chi connectivity index (χ4n) is 3.84. The molecular formula is C24H23BrN4O2S. The molecule has 0 aliphatic carbocycles. The molecule has 0 unspecified atom stereocenters. The van der Waals surface area contributed by atoms with E-state index in [2.05, 4.69) is 31.5 Å². The van der Waals surface area contributed by atoms with Gasteiger partial charge >= 0.3 is 0 Å². The van der Waals surface area contributed by atoms with Crippen molar-refractivity contribution < 1.29 is 9.59 Å². The van der Waals surface area contributed by atoms with Crippen LogP contribution in [-0.2, 0) is 4.79 Å². The Balaban J connectivity index is 1.37. The summed E-state index contributed by atoms with van der Waals surface area (Å²) in [6.45, 7) is 4.69. The standard InChI is InChI=1S/C24H23BrN4O2S/c1-16(30)28-12-14-29(15-13-28)18-10-8-17(9-11-18)26-24(32)27-23(31)21-6-2-5-20-19(21)4-3-7-22(20)25/h2-11H,12-15H2,1H3,(H2,26,27,31,32). The molecule has 1 aliphatic rings. The molecule has 1 saturated heterocycles. The molecule has 1 heterocycles. The Bertz CT molecular complexity index is 1170. The van der Waals surface area contributed by atoms with Crippen LogP contribution in [0, 0.1) is 0 Å². The zero-order valence-corrected chi connectivity index (χ0v) is 20.0. The number of rotatable bonds is 3. The van der Waals surface area contributed by atoms with Gasteiger partial charge in [-0.3, -0.25) is 14.9 Å². The van der Waals surface area contributed by atoms with Crippen LogP contribution in [0.2, 0.25) is 0 Å². The topological polar surface area (TPSA) is 64.7 Å². The Hall–Kier alpha value is -2.97. The number of hydrogen-bond donors (Lipinski definition) is 2. The van der Waals surface area contributed by atoms with E-state index in [0.717, 1.165) is 52.8 Å². The smallest absolute Gasteiger partial charge is 0.258 e. The minimum Gasteiger partial charge on any atom is -0.368 e. The lowest BCUT2D eigenvalue weighted by Crippen LogP contribution is -2.48. The van der Waals surface area contributed by atoms with E-state index in [9.17, 15) is 9.59 Å². The van der Waals surface area contributed by atoms with Gasteiger partial charge in [-0.2, -0.15) is 0 Å². The lowest BCUT2D eigenvalue weighted by Gasteiger charge is -2.35. The van der Waals surface area contributed by atoms with Crippen LogP contribution in [0.25, 0.3) is 10.8 Å². The summed E-state index contributed by atoms with van der Waals surface area (Å²) in [5, 5.41) is 7.91. The first-order valence-electron chi connectivity index (χ1n) is 10.3. The molecule has 0 spiro atoms. The van der Waals surface area contributed by atoms with Crippen LogP contribution >= 0.6 is 28.1 Å². The number of thiocarbonyl (C=S) groups is 1. The normalized spacial score (nSPS) is 13.7. The van der Waals surface area contributed by atoms with E-state index < -0.39 is 0 Å². The number of benzene rings is 3. The third-order valence-electron chi connectivity index (χ3n) is 5.56. The third-order valence-corrected chi connectivity index (χ3v) is 6.45. The van der Waals surface area contributed by atoms with Crippen molar-refractivity contribution >= 4 is 67.2 Å². The fraction of sp³-hybridized carbons (Fsp3) is 0.208. The third kappa shape index (κ3) is 4.92. The SMILES string of the molecule is CC(=O)N1CCN(c2ccc(NC(=S)NC(=O)c3cccc4c(Br)cccc34)cc2)CC1. The number of halogens is 1. The highest BCUT2D eigenvalue weighted by molar-refractivity contribution is 9.10. The van der Waals surface area contributed by atoms with Gasteiger partial charge in [0.25, 0.3) is 5.91 Å². The maximum absolute atomic E-state index is 12.8. The van der Waals surface area contributed by atoms with Gasteiger partial charge in [-0.25, -0.2) is 0 Å². The summed E-state index contributed by atoms with van der Waals surface area (Å²) in [5.41, 5.74) is 2.45. The van der Waals surface area contributed by atoms with Crippen LogP contribution in [0.15, 0.2) is 65.1 Å². The Kier molecular flexibility index (Phi) is 6.72. The largest absolute Gasteiger partial charge is 0.368 e. The van der Waals surface area contributed by atoms with Crippen LogP contribution in [0.4, 0.5) is 11.4 Å². The monoisotopic (exact) mass is 510 g/mol. The molecule has 0 aromatic heterocycles. The van der Waals surface area contributed by atoms with E-state index in [4.69, 9.17) is 12.2 Å². The first-order chi connectivity index (χ1) is 15.4. The van der Waals surface area contributed by atoms with Gasteiger partial charge < -0.3 is 15.1 Å².